The molecule has 1 N–H and O–H groups in total. The number of nitrogens with one attached hydrogen (secondary N) is 1. The molecule has 2 aromatic rings. The minimum atomic E-state index is -0.428. The highest BCUT2D eigenvalue weighted by Crippen LogP contribution is 2.13. The third-order valence-electron chi connectivity index (χ3n) is 2.86. The largest absolute Gasteiger partial charge is 0.497 e. The Balaban J connectivity index is 1.83. The molecule has 0 atom stereocenters. The number of aromatic nitrogens is 1. The van der Waals surface area contributed by atoms with Crippen LogP contribution in [0, 0.1) is 11.3 Å². The number of nitriles is 1. The highest BCUT2D eigenvalue weighted by atomic mass is 16.5. The average Bonchev–Trinajstić information content (AvgIpc) is 2.58. The van der Waals surface area contributed by atoms with Gasteiger partial charge in [0, 0.05) is 6.20 Å². The highest BCUT2D eigenvalue weighted by molar-refractivity contribution is 5.89. The number of rotatable bonds is 6. The van der Waals surface area contributed by atoms with Crippen LogP contribution in [-0.2, 0) is 4.74 Å². The minimum Gasteiger partial charge on any atom is -0.497 e. The lowest BCUT2D eigenvalue weighted by atomic mass is 10.2. The number of methoxy groups -OCH3 is 1. The van der Waals surface area contributed by atoms with E-state index in [-0.39, 0.29) is 6.61 Å². The molecule has 112 valence electrons. The second-order valence-electron chi connectivity index (χ2n) is 4.31. The second kappa shape index (κ2) is 7.64. The Labute approximate surface area is 128 Å². The van der Waals surface area contributed by atoms with Crippen molar-refractivity contribution in [2.45, 2.75) is 0 Å². The van der Waals surface area contributed by atoms with Gasteiger partial charge >= 0.3 is 5.97 Å². The zero-order valence-corrected chi connectivity index (χ0v) is 12.1. The first kappa shape index (κ1) is 15.3. The van der Waals surface area contributed by atoms with Crippen molar-refractivity contribution in [3.63, 3.8) is 0 Å². The standard InChI is InChI=1S/C16H15N3O3/c1-21-14-6-2-4-12(10-14)16(20)22-9-8-19-15-13(11-17)5-3-7-18-15/h2-7,10H,8-9H2,1H3,(H,18,19). The van der Waals surface area contributed by atoms with Crippen LogP contribution in [0.1, 0.15) is 15.9 Å². The zero-order valence-electron chi connectivity index (χ0n) is 12.1. The van der Waals surface area contributed by atoms with Crippen LogP contribution in [-0.4, -0.2) is 31.2 Å². The van der Waals surface area contributed by atoms with Crippen LogP contribution in [0.5, 0.6) is 5.75 Å². The summed E-state index contributed by atoms with van der Waals surface area (Å²) in [5.41, 5.74) is 0.872. The Morgan fingerprint density at radius 2 is 2.23 bits per heavy atom. The zero-order chi connectivity index (χ0) is 15.8. The first-order valence-corrected chi connectivity index (χ1v) is 6.64. The molecule has 1 aromatic carbocycles. The number of anilines is 1. The topological polar surface area (TPSA) is 84.2 Å². The van der Waals surface area contributed by atoms with Gasteiger partial charge in [0.25, 0.3) is 0 Å². The fourth-order valence-electron chi connectivity index (χ4n) is 1.78. The number of benzene rings is 1. The predicted octanol–water partition coefficient (Wildman–Crippen LogP) is 2.23. The Kier molecular flexibility index (Phi) is 5.32. The number of carbonyl (C=O) groups is 1. The molecule has 0 bridgehead atoms. The van der Waals surface area contributed by atoms with E-state index in [9.17, 15) is 4.79 Å². The molecule has 0 aliphatic rings. The molecule has 0 fully saturated rings. The maximum Gasteiger partial charge on any atom is 0.338 e. The summed E-state index contributed by atoms with van der Waals surface area (Å²) in [5.74, 6) is 0.643. The van der Waals surface area contributed by atoms with Gasteiger partial charge in [-0.3, -0.25) is 0 Å². The van der Waals surface area contributed by atoms with Gasteiger partial charge in [-0.2, -0.15) is 5.26 Å². The number of nitrogens with zero attached hydrogens (tertiary/aromatic N) is 2. The van der Waals surface area contributed by atoms with Gasteiger partial charge in [0.1, 0.15) is 24.2 Å². The van der Waals surface area contributed by atoms with Gasteiger partial charge in [-0.15, -0.1) is 0 Å². The second-order valence-corrected chi connectivity index (χ2v) is 4.31. The number of pyridine rings is 1. The van der Waals surface area contributed by atoms with Crippen LogP contribution in [0.2, 0.25) is 0 Å². The quantitative estimate of drug-likeness (QED) is 0.650. The summed E-state index contributed by atoms with van der Waals surface area (Å²) >= 11 is 0. The van der Waals surface area contributed by atoms with Crippen molar-refractivity contribution in [2.75, 3.05) is 25.6 Å². The summed E-state index contributed by atoms with van der Waals surface area (Å²) in [7, 11) is 1.54. The van der Waals surface area contributed by atoms with E-state index in [1.807, 2.05) is 6.07 Å². The van der Waals surface area contributed by atoms with Crippen molar-refractivity contribution in [3.05, 3.63) is 53.7 Å². The number of ether oxygens (including phenoxy) is 2. The van der Waals surface area contributed by atoms with Gasteiger partial charge in [-0.25, -0.2) is 9.78 Å². The Hall–Kier alpha value is -3.07. The Bertz CT molecular complexity index is 695. The third kappa shape index (κ3) is 3.96. The third-order valence-corrected chi connectivity index (χ3v) is 2.86. The summed E-state index contributed by atoms with van der Waals surface area (Å²) in [6, 6.07) is 12.1. The highest BCUT2D eigenvalue weighted by Gasteiger charge is 2.08. The predicted molar refractivity (Wildman–Crippen MR) is 80.7 cm³/mol. The van der Waals surface area contributed by atoms with E-state index in [1.54, 1.807) is 42.6 Å². The van der Waals surface area contributed by atoms with Crippen molar-refractivity contribution in [3.8, 4) is 11.8 Å². The monoisotopic (exact) mass is 297 g/mol. The molecule has 6 heteroatoms. The van der Waals surface area contributed by atoms with E-state index in [4.69, 9.17) is 14.7 Å². The molecule has 6 nitrogen and oxygen atoms in total. The van der Waals surface area contributed by atoms with Crippen LogP contribution in [0.25, 0.3) is 0 Å². The summed E-state index contributed by atoms with van der Waals surface area (Å²) < 4.78 is 10.2. The van der Waals surface area contributed by atoms with Gasteiger partial charge in [-0.05, 0) is 30.3 Å². The first-order valence-electron chi connectivity index (χ1n) is 6.64. The van der Waals surface area contributed by atoms with Crippen molar-refractivity contribution < 1.29 is 14.3 Å². The summed E-state index contributed by atoms with van der Waals surface area (Å²) in [6.07, 6.45) is 1.59. The van der Waals surface area contributed by atoms with E-state index < -0.39 is 5.97 Å². The fourth-order valence-corrected chi connectivity index (χ4v) is 1.78. The van der Waals surface area contributed by atoms with Gasteiger partial charge in [-0.1, -0.05) is 6.07 Å². The number of hydrogen-bond donors (Lipinski definition) is 1. The van der Waals surface area contributed by atoms with Crippen LogP contribution in [0.15, 0.2) is 42.6 Å². The molecule has 22 heavy (non-hydrogen) atoms. The Morgan fingerprint density at radius 1 is 1.36 bits per heavy atom. The lowest BCUT2D eigenvalue weighted by Gasteiger charge is -2.08. The van der Waals surface area contributed by atoms with E-state index in [1.165, 1.54) is 7.11 Å². The lowest BCUT2D eigenvalue weighted by Crippen LogP contribution is -2.15. The van der Waals surface area contributed by atoms with Crippen molar-refractivity contribution >= 4 is 11.8 Å². The van der Waals surface area contributed by atoms with Crippen LogP contribution >= 0.6 is 0 Å². The van der Waals surface area contributed by atoms with Crippen LogP contribution < -0.4 is 10.1 Å². The van der Waals surface area contributed by atoms with E-state index in [0.717, 1.165) is 0 Å². The van der Waals surface area contributed by atoms with E-state index in [0.29, 0.717) is 29.2 Å². The van der Waals surface area contributed by atoms with Gasteiger partial charge in [0.05, 0.1) is 24.8 Å². The first-order chi connectivity index (χ1) is 10.7. The molecule has 0 unspecified atom stereocenters. The number of hydrogen-bond acceptors (Lipinski definition) is 6. The summed E-state index contributed by atoms with van der Waals surface area (Å²) in [5, 5.41) is 11.9. The average molecular weight is 297 g/mol. The fraction of sp³-hybridized carbons (Fsp3) is 0.188. The number of carbonyl (C=O) groups excluding carboxylic acids is 1. The molecule has 0 aliphatic heterocycles. The maximum atomic E-state index is 11.9. The molecule has 0 spiro atoms. The van der Waals surface area contributed by atoms with Crippen LogP contribution in [0.4, 0.5) is 5.82 Å². The summed E-state index contributed by atoms with van der Waals surface area (Å²) in [6.45, 7) is 0.527. The maximum absolute atomic E-state index is 11.9. The minimum absolute atomic E-state index is 0.164. The molecule has 0 saturated carbocycles. The molecule has 1 heterocycles. The molecule has 0 saturated heterocycles. The molecule has 0 aliphatic carbocycles. The SMILES string of the molecule is COc1cccc(C(=O)OCCNc2ncccc2C#N)c1. The van der Waals surface area contributed by atoms with Crippen molar-refractivity contribution in [1.29, 1.82) is 5.26 Å². The van der Waals surface area contributed by atoms with Gasteiger partial charge in [0.2, 0.25) is 0 Å². The summed E-state index contributed by atoms with van der Waals surface area (Å²) in [4.78, 5) is 15.9. The number of esters is 1. The molecule has 0 amide bonds. The Morgan fingerprint density at radius 3 is 3.00 bits per heavy atom. The van der Waals surface area contributed by atoms with Gasteiger partial charge < -0.3 is 14.8 Å². The van der Waals surface area contributed by atoms with Crippen molar-refractivity contribution in [1.82, 2.24) is 4.98 Å². The van der Waals surface area contributed by atoms with Gasteiger partial charge in [0.15, 0.2) is 0 Å². The molecular weight excluding hydrogens is 282 g/mol. The molecule has 0 radical (unpaired) electrons. The van der Waals surface area contributed by atoms with Crippen LogP contribution in [0.3, 0.4) is 0 Å². The molecular formula is C16H15N3O3. The van der Waals surface area contributed by atoms with Crippen molar-refractivity contribution in [2.24, 2.45) is 0 Å². The lowest BCUT2D eigenvalue weighted by molar-refractivity contribution is 0.0520. The van der Waals surface area contributed by atoms with E-state index >= 15 is 0 Å². The molecule has 1 aromatic heterocycles. The normalized spacial score (nSPS) is 9.64. The smallest absolute Gasteiger partial charge is 0.338 e. The van der Waals surface area contributed by atoms with E-state index in [2.05, 4.69) is 10.3 Å². The molecule has 2 rings (SSSR count).